The number of rotatable bonds is 3. The molecular weight excluding hydrogens is 445 g/mol. The van der Waals surface area contributed by atoms with Crippen LogP contribution in [0.5, 0.6) is 0 Å². The fourth-order valence-electron chi connectivity index (χ4n) is 3.95. The second-order valence-electron chi connectivity index (χ2n) is 8.79. The van der Waals surface area contributed by atoms with Crippen LogP contribution in [0.4, 0.5) is 0 Å². The van der Waals surface area contributed by atoms with Crippen LogP contribution in [0.3, 0.4) is 0 Å². The summed E-state index contributed by atoms with van der Waals surface area (Å²) in [6.45, 7) is 2.07. The van der Waals surface area contributed by atoms with Gasteiger partial charge in [0.25, 0.3) is 0 Å². The van der Waals surface area contributed by atoms with E-state index in [2.05, 4.69) is 97.0 Å². The van der Waals surface area contributed by atoms with E-state index in [0.717, 1.165) is 27.3 Å². The number of fused-ring (bicyclic) bond motifs is 2. The Balaban J connectivity index is 1.83. The van der Waals surface area contributed by atoms with Gasteiger partial charge in [0.2, 0.25) is 0 Å². The van der Waals surface area contributed by atoms with Gasteiger partial charge in [0.1, 0.15) is 0 Å². The second-order valence-corrected chi connectivity index (χ2v) is 20.7. The standard InChI is InChI=1S/C26H24GeN2S/c1-17-28-26-20(11-8-12-25(26)30-17)24-16-21(18-9-6-5-7-10-18)22-15-19(27(2,3)4)13-14-23(22)29-24/h5-16H,1-4H3. The minimum absolute atomic E-state index is 0.988. The molecule has 30 heavy (non-hydrogen) atoms. The Morgan fingerprint density at radius 2 is 1.57 bits per heavy atom. The van der Waals surface area contributed by atoms with E-state index in [9.17, 15) is 0 Å². The molecule has 5 rings (SSSR count). The van der Waals surface area contributed by atoms with Gasteiger partial charge < -0.3 is 0 Å². The molecule has 0 fully saturated rings. The number of benzene rings is 3. The Bertz CT molecular complexity index is 1380. The third kappa shape index (κ3) is 3.46. The van der Waals surface area contributed by atoms with Crippen LogP contribution in [0.25, 0.3) is 43.5 Å². The van der Waals surface area contributed by atoms with Crippen molar-refractivity contribution in [1.29, 1.82) is 0 Å². The molecule has 4 heteroatoms. The second kappa shape index (κ2) is 7.33. The van der Waals surface area contributed by atoms with E-state index < -0.39 is 13.3 Å². The summed E-state index contributed by atoms with van der Waals surface area (Å²) >= 11 is -0.213. The van der Waals surface area contributed by atoms with Gasteiger partial charge in [-0.2, -0.15) is 0 Å². The summed E-state index contributed by atoms with van der Waals surface area (Å²) in [5, 5.41) is 2.33. The quantitative estimate of drug-likeness (QED) is 0.265. The van der Waals surface area contributed by atoms with Crippen molar-refractivity contribution in [2.24, 2.45) is 0 Å². The fourth-order valence-corrected chi connectivity index (χ4v) is 7.24. The zero-order chi connectivity index (χ0) is 20.9. The molecule has 3 aromatic carbocycles. The van der Waals surface area contributed by atoms with Gasteiger partial charge in [-0.1, -0.05) is 0 Å². The number of hydrogen-bond acceptors (Lipinski definition) is 3. The summed E-state index contributed by atoms with van der Waals surface area (Å²) in [4.78, 5) is 9.90. The molecule has 0 spiro atoms. The van der Waals surface area contributed by atoms with E-state index in [0.29, 0.717) is 0 Å². The van der Waals surface area contributed by atoms with Gasteiger partial charge in [-0.25, -0.2) is 0 Å². The zero-order valence-electron chi connectivity index (χ0n) is 17.7. The normalized spacial score (nSPS) is 12.0. The first-order chi connectivity index (χ1) is 14.4. The maximum absolute atomic E-state index is 5.10. The molecule has 2 nitrogen and oxygen atoms in total. The number of aromatic nitrogens is 2. The van der Waals surface area contributed by atoms with E-state index in [4.69, 9.17) is 9.97 Å². The molecule has 0 radical (unpaired) electrons. The van der Waals surface area contributed by atoms with E-state index in [1.165, 1.54) is 25.6 Å². The summed E-state index contributed by atoms with van der Waals surface area (Å²) in [5.41, 5.74) is 6.66. The molecule has 148 valence electrons. The molecule has 0 unspecified atom stereocenters. The maximum atomic E-state index is 5.10. The zero-order valence-corrected chi connectivity index (χ0v) is 20.6. The van der Waals surface area contributed by atoms with Gasteiger partial charge in [0.15, 0.2) is 0 Å². The van der Waals surface area contributed by atoms with Crippen molar-refractivity contribution in [2.45, 2.75) is 24.2 Å². The molecule has 0 aliphatic carbocycles. The third-order valence-electron chi connectivity index (χ3n) is 5.56. The Kier molecular flexibility index (Phi) is 4.75. The summed E-state index contributed by atoms with van der Waals surface area (Å²) in [6, 6.07) is 26.2. The number of thiazole rings is 1. The van der Waals surface area contributed by atoms with Crippen molar-refractivity contribution in [3.8, 4) is 22.4 Å². The van der Waals surface area contributed by atoms with Crippen LogP contribution in [0, 0.1) is 6.92 Å². The predicted molar refractivity (Wildman–Crippen MR) is 134 cm³/mol. The first-order valence-electron chi connectivity index (χ1n) is 10.3. The van der Waals surface area contributed by atoms with Crippen LogP contribution in [0.1, 0.15) is 5.01 Å². The van der Waals surface area contributed by atoms with Crippen molar-refractivity contribution < 1.29 is 0 Å². The van der Waals surface area contributed by atoms with Crippen LogP contribution >= 0.6 is 11.3 Å². The molecule has 0 aliphatic rings. The summed E-state index contributed by atoms with van der Waals surface area (Å²) in [5.74, 6) is 7.32. The number of hydrogen-bond donors (Lipinski definition) is 0. The summed E-state index contributed by atoms with van der Waals surface area (Å²) < 4.78 is 2.72. The Morgan fingerprint density at radius 1 is 0.767 bits per heavy atom. The Hall–Kier alpha value is -2.50. The van der Waals surface area contributed by atoms with Gasteiger partial charge in [-0.05, 0) is 0 Å². The SMILES string of the molecule is Cc1nc2c(-c3cc(-c4ccccc4)c4c[c]([Ge]([CH3])([CH3])[CH3])ccc4n3)cccc2s1. The Morgan fingerprint density at radius 3 is 2.33 bits per heavy atom. The number of pyridine rings is 1. The van der Waals surface area contributed by atoms with Crippen LogP contribution in [0.15, 0.2) is 72.8 Å². The number of para-hydroxylation sites is 1. The topological polar surface area (TPSA) is 25.8 Å². The van der Waals surface area contributed by atoms with Crippen LogP contribution < -0.4 is 4.40 Å². The van der Waals surface area contributed by atoms with Crippen molar-refractivity contribution in [1.82, 2.24) is 9.97 Å². The average Bonchev–Trinajstić information content (AvgIpc) is 3.12. The molecule has 0 saturated carbocycles. The van der Waals surface area contributed by atoms with Crippen LogP contribution in [-0.2, 0) is 0 Å². The molecule has 0 aliphatic heterocycles. The molecule has 0 bridgehead atoms. The number of aryl methyl sites for hydroxylation is 1. The number of nitrogens with zero attached hydrogens (tertiary/aromatic N) is 2. The van der Waals surface area contributed by atoms with Gasteiger partial charge in [-0.15, -0.1) is 0 Å². The van der Waals surface area contributed by atoms with E-state index in [-0.39, 0.29) is 0 Å². The third-order valence-corrected chi connectivity index (χ3v) is 10.8. The van der Waals surface area contributed by atoms with Gasteiger partial charge in [0, 0.05) is 0 Å². The van der Waals surface area contributed by atoms with E-state index in [1.54, 1.807) is 11.3 Å². The molecule has 5 aromatic rings. The van der Waals surface area contributed by atoms with Crippen LogP contribution in [0.2, 0.25) is 17.3 Å². The van der Waals surface area contributed by atoms with Crippen molar-refractivity contribution in [2.75, 3.05) is 0 Å². The first-order valence-corrected chi connectivity index (χ1v) is 18.4. The molecule has 0 amide bonds. The van der Waals surface area contributed by atoms with Gasteiger partial charge in [-0.3, -0.25) is 0 Å². The van der Waals surface area contributed by atoms with Gasteiger partial charge in [0.05, 0.1) is 0 Å². The molecular formula is C26H24GeN2S. The molecule has 2 aromatic heterocycles. The van der Waals surface area contributed by atoms with Crippen molar-refractivity contribution in [3.63, 3.8) is 0 Å². The monoisotopic (exact) mass is 470 g/mol. The van der Waals surface area contributed by atoms with Crippen molar-refractivity contribution in [3.05, 3.63) is 77.8 Å². The predicted octanol–water partition coefficient (Wildman–Crippen LogP) is 7.03. The van der Waals surface area contributed by atoms with Crippen LogP contribution in [-0.4, -0.2) is 23.2 Å². The minimum atomic E-state index is -1.95. The fraction of sp³-hybridized carbons (Fsp3) is 0.154. The van der Waals surface area contributed by atoms with E-state index in [1.807, 2.05) is 0 Å². The molecule has 0 atom stereocenters. The van der Waals surface area contributed by atoms with Gasteiger partial charge >= 0.3 is 184 Å². The Labute approximate surface area is 184 Å². The summed E-state index contributed by atoms with van der Waals surface area (Å²) in [7, 11) is 0. The first kappa shape index (κ1) is 19.5. The molecule has 0 saturated heterocycles. The van der Waals surface area contributed by atoms with E-state index >= 15 is 0 Å². The van der Waals surface area contributed by atoms with Crippen molar-refractivity contribution >= 4 is 50.1 Å². The molecule has 2 heterocycles. The summed E-state index contributed by atoms with van der Waals surface area (Å²) in [6.07, 6.45) is 0. The molecule has 0 N–H and O–H groups in total. The average molecular weight is 469 g/mol.